The van der Waals surface area contributed by atoms with Crippen LogP contribution in [0.1, 0.15) is 11.6 Å². The Balaban J connectivity index is 2.14. The van der Waals surface area contributed by atoms with E-state index in [1.165, 1.54) is 5.56 Å². The molecule has 0 aromatic heterocycles. The first-order valence-corrected chi connectivity index (χ1v) is 6.94. The minimum atomic E-state index is 0.461. The maximum Gasteiger partial charge on any atom is 0.118 e. The zero-order valence-corrected chi connectivity index (χ0v) is 12.2. The third-order valence-electron chi connectivity index (χ3n) is 3.63. The van der Waals surface area contributed by atoms with E-state index in [1.54, 1.807) is 7.11 Å². The minimum absolute atomic E-state index is 0.461. The molecule has 0 amide bonds. The van der Waals surface area contributed by atoms with Crippen molar-refractivity contribution in [2.45, 2.75) is 6.04 Å². The summed E-state index contributed by atoms with van der Waals surface area (Å²) >= 11 is 0. The van der Waals surface area contributed by atoms with Crippen LogP contribution >= 0.6 is 0 Å². The molecule has 0 saturated carbocycles. The number of ether oxygens (including phenoxy) is 1. The number of hydrogen-bond donors (Lipinski definition) is 1. The molecule has 0 radical (unpaired) electrons. The largest absolute Gasteiger partial charge is 0.497 e. The predicted molar refractivity (Wildman–Crippen MR) is 78.7 cm³/mol. The summed E-state index contributed by atoms with van der Waals surface area (Å²) in [5.74, 6) is 0.924. The summed E-state index contributed by atoms with van der Waals surface area (Å²) in [6, 6.07) is 8.95. The number of nitrogens with zero attached hydrogens (tertiary/aromatic N) is 2. The lowest BCUT2D eigenvalue weighted by Crippen LogP contribution is -2.47. The van der Waals surface area contributed by atoms with Crippen molar-refractivity contribution in [2.75, 3.05) is 53.9 Å². The van der Waals surface area contributed by atoms with Crippen molar-refractivity contribution in [3.8, 4) is 5.75 Å². The van der Waals surface area contributed by atoms with Crippen LogP contribution in [0.2, 0.25) is 0 Å². The van der Waals surface area contributed by atoms with E-state index in [9.17, 15) is 0 Å². The molecule has 4 nitrogen and oxygen atoms in total. The Bertz CT molecular complexity index is 371. The zero-order valence-electron chi connectivity index (χ0n) is 12.2. The highest BCUT2D eigenvalue weighted by Crippen LogP contribution is 2.24. The zero-order chi connectivity index (χ0) is 13.7. The van der Waals surface area contributed by atoms with Crippen LogP contribution < -0.4 is 10.1 Å². The van der Waals surface area contributed by atoms with E-state index in [1.807, 2.05) is 0 Å². The fraction of sp³-hybridized carbons (Fsp3) is 0.600. The van der Waals surface area contributed by atoms with Crippen molar-refractivity contribution in [2.24, 2.45) is 0 Å². The SMILES string of the molecule is COc1ccc(C(CN(C)C)N2CCNCC2)cc1. The molecule has 1 aromatic carbocycles. The quantitative estimate of drug-likeness (QED) is 0.864. The third-order valence-corrected chi connectivity index (χ3v) is 3.63. The fourth-order valence-corrected chi connectivity index (χ4v) is 2.60. The van der Waals surface area contributed by atoms with Gasteiger partial charge < -0.3 is 15.0 Å². The Morgan fingerprint density at radius 2 is 1.84 bits per heavy atom. The van der Waals surface area contributed by atoms with Gasteiger partial charge in [-0.15, -0.1) is 0 Å². The van der Waals surface area contributed by atoms with Crippen LogP contribution in [0.5, 0.6) is 5.75 Å². The number of methoxy groups -OCH3 is 1. The lowest BCUT2D eigenvalue weighted by atomic mass is 10.0. The minimum Gasteiger partial charge on any atom is -0.497 e. The third kappa shape index (κ3) is 3.93. The Morgan fingerprint density at radius 3 is 2.37 bits per heavy atom. The molecular formula is C15H25N3O. The topological polar surface area (TPSA) is 27.7 Å². The van der Waals surface area contributed by atoms with Crippen molar-refractivity contribution in [3.63, 3.8) is 0 Å². The highest BCUT2D eigenvalue weighted by Gasteiger charge is 2.22. The lowest BCUT2D eigenvalue weighted by Gasteiger charge is -2.36. The van der Waals surface area contributed by atoms with Crippen LogP contribution in [-0.4, -0.2) is 63.7 Å². The van der Waals surface area contributed by atoms with E-state index in [-0.39, 0.29) is 0 Å². The second kappa shape index (κ2) is 6.89. The molecule has 19 heavy (non-hydrogen) atoms. The van der Waals surface area contributed by atoms with E-state index >= 15 is 0 Å². The highest BCUT2D eigenvalue weighted by atomic mass is 16.5. The summed E-state index contributed by atoms with van der Waals surface area (Å²) in [6.45, 7) is 5.45. The van der Waals surface area contributed by atoms with Gasteiger partial charge in [-0.05, 0) is 31.8 Å². The molecule has 1 N–H and O–H groups in total. The van der Waals surface area contributed by atoms with Crippen LogP contribution in [0.3, 0.4) is 0 Å². The summed E-state index contributed by atoms with van der Waals surface area (Å²) in [6.07, 6.45) is 0. The molecule has 1 aliphatic heterocycles. The average molecular weight is 263 g/mol. The van der Waals surface area contributed by atoms with Crippen molar-refractivity contribution in [1.82, 2.24) is 15.1 Å². The van der Waals surface area contributed by atoms with Crippen molar-refractivity contribution >= 4 is 0 Å². The fourth-order valence-electron chi connectivity index (χ4n) is 2.60. The summed E-state index contributed by atoms with van der Waals surface area (Å²) < 4.78 is 5.24. The molecule has 1 fully saturated rings. The summed E-state index contributed by atoms with van der Waals surface area (Å²) in [5, 5.41) is 3.42. The molecule has 1 aliphatic rings. The molecule has 1 saturated heterocycles. The van der Waals surface area contributed by atoms with Crippen LogP contribution in [0.15, 0.2) is 24.3 Å². The Hall–Kier alpha value is -1.10. The van der Waals surface area contributed by atoms with Gasteiger partial charge in [-0.3, -0.25) is 4.90 Å². The van der Waals surface area contributed by atoms with Crippen molar-refractivity contribution in [3.05, 3.63) is 29.8 Å². The highest BCUT2D eigenvalue weighted by molar-refractivity contribution is 5.29. The molecule has 1 heterocycles. The number of piperazine rings is 1. The van der Waals surface area contributed by atoms with E-state index in [0.717, 1.165) is 38.5 Å². The number of benzene rings is 1. The normalized spacial score (nSPS) is 18.5. The first-order chi connectivity index (χ1) is 9.20. The Kier molecular flexibility index (Phi) is 5.19. The standard InChI is InChI=1S/C15H25N3O/c1-17(2)12-15(18-10-8-16-9-11-18)13-4-6-14(19-3)7-5-13/h4-7,15-16H,8-12H2,1-3H3. The molecule has 0 bridgehead atoms. The number of nitrogens with one attached hydrogen (secondary N) is 1. The van der Waals surface area contributed by atoms with Gasteiger partial charge in [-0.2, -0.15) is 0 Å². The van der Waals surface area contributed by atoms with E-state index in [0.29, 0.717) is 6.04 Å². The summed E-state index contributed by atoms with van der Waals surface area (Å²) in [4.78, 5) is 4.83. The van der Waals surface area contributed by atoms with Gasteiger partial charge in [-0.1, -0.05) is 12.1 Å². The first kappa shape index (κ1) is 14.3. The van der Waals surface area contributed by atoms with Gasteiger partial charge in [0, 0.05) is 38.8 Å². The van der Waals surface area contributed by atoms with Crippen molar-refractivity contribution < 1.29 is 4.74 Å². The second-order valence-corrected chi connectivity index (χ2v) is 5.34. The second-order valence-electron chi connectivity index (χ2n) is 5.34. The van der Waals surface area contributed by atoms with Gasteiger partial charge in [0.15, 0.2) is 0 Å². The molecule has 1 atom stereocenters. The Labute approximate surface area is 116 Å². The van der Waals surface area contributed by atoms with Crippen LogP contribution in [0.4, 0.5) is 0 Å². The molecule has 4 heteroatoms. The smallest absolute Gasteiger partial charge is 0.118 e. The molecule has 1 unspecified atom stereocenters. The van der Waals surface area contributed by atoms with Crippen LogP contribution in [0, 0.1) is 0 Å². The van der Waals surface area contributed by atoms with Crippen LogP contribution in [-0.2, 0) is 0 Å². The number of rotatable bonds is 5. The molecule has 0 spiro atoms. The van der Waals surface area contributed by atoms with E-state index < -0.39 is 0 Å². The average Bonchev–Trinajstić information content (AvgIpc) is 2.46. The van der Waals surface area contributed by atoms with Gasteiger partial charge in [-0.25, -0.2) is 0 Å². The lowest BCUT2D eigenvalue weighted by molar-refractivity contribution is 0.144. The maximum atomic E-state index is 5.24. The van der Waals surface area contributed by atoms with E-state index in [2.05, 4.69) is 53.5 Å². The van der Waals surface area contributed by atoms with E-state index in [4.69, 9.17) is 4.74 Å². The number of likely N-dealkylation sites (N-methyl/N-ethyl adjacent to an activating group) is 1. The number of hydrogen-bond acceptors (Lipinski definition) is 4. The first-order valence-electron chi connectivity index (χ1n) is 6.94. The van der Waals surface area contributed by atoms with Gasteiger partial charge in [0.25, 0.3) is 0 Å². The molecule has 106 valence electrons. The summed E-state index contributed by atoms with van der Waals surface area (Å²) in [7, 11) is 5.99. The van der Waals surface area contributed by atoms with Crippen molar-refractivity contribution in [1.29, 1.82) is 0 Å². The maximum absolute atomic E-state index is 5.24. The molecule has 0 aliphatic carbocycles. The molecular weight excluding hydrogens is 238 g/mol. The van der Waals surface area contributed by atoms with Gasteiger partial charge in [0.2, 0.25) is 0 Å². The predicted octanol–water partition coefficient (Wildman–Crippen LogP) is 1.20. The monoisotopic (exact) mass is 263 g/mol. The molecule has 2 rings (SSSR count). The Morgan fingerprint density at radius 1 is 1.21 bits per heavy atom. The molecule has 1 aromatic rings. The summed E-state index contributed by atoms with van der Waals surface area (Å²) in [5.41, 5.74) is 1.37. The van der Waals surface area contributed by atoms with Gasteiger partial charge in [0.05, 0.1) is 7.11 Å². The van der Waals surface area contributed by atoms with Crippen LogP contribution in [0.25, 0.3) is 0 Å². The van der Waals surface area contributed by atoms with Gasteiger partial charge >= 0.3 is 0 Å². The van der Waals surface area contributed by atoms with Gasteiger partial charge in [0.1, 0.15) is 5.75 Å².